The number of hydrogen-bond donors (Lipinski definition) is 1. The van der Waals surface area contributed by atoms with Crippen LogP contribution >= 0.6 is 0 Å². The first-order valence-corrected chi connectivity index (χ1v) is 10.9. The van der Waals surface area contributed by atoms with Gasteiger partial charge in [-0.3, -0.25) is 4.79 Å². The SMILES string of the molecule is C[C@@H]1OC(=O)[C@@H](N)CCC[C@H](OC2CCCC2)[C@H]1OCCCc1ccccc1. The molecular weight excluding hydrogens is 354 g/mol. The van der Waals surface area contributed by atoms with Crippen molar-refractivity contribution in [2.45, 2.75) is 95.2 Å². The lowest BCUT2D eigenvalue weighted by Crippen LogP contribution is -2.44. The van der Waals surface area contributed by atoms with E-state index in [1.807, 2.05) is 13.0 Å². The molecular formula is C23H35NO4. The summed E-state index contributed by atoms with van der Waals surface area (Å²) in [6, 6.07) is 9.88. The van der Waals surface area contributed by atoms with Crippen molar-refractivity contribution in [3.63, 3.8) is 0 Å². The molecule has 2 aliphatic rings. The Hall–Kier alpha value is -1.43. The van der Waals surface area contributed by atoms with Crippen molar-refractivity contribution >= 4 is 5.97 Å². The minimum Gasteiger partial charge on any atom is -0.459 e. The van der Waals surface area contributed by atoms with Crippen LogP contribution in [0.1, 0.15) is 63.9 Å². The molecule has 3 rings (SSSR count). The number of hydrogen-bond acceptors (Lipinski definition) is 5. The largest absolute Gasteiger partial charge is 0.459 e. The molecule has 0 aromatic heterocycles. The third-order valence-electron chi connectivity index (χ3n) is 5.87. The number of rotatable bonds is 7. The highest BCUT2D eigenvalue weighted by atomic mass is 16.6. The molecule has 1 aromatic carbocycles. The van der Waals surface area contributed by atoms with Gasteiger partial charge in [0.25, 0.3) is 0 Å². The lowest BCUT2D eigenvalue weighted by atomic mass is 10.0. The lowest BCUT2D eigenvalue weighted by Gasteiger charge is -2.32. The monoisotopic (exact) mass is 389 g/mol. The number of esters is 1. The summed E-state index contributed by atoms with van der Waals surface area (Å²) >= 11 is 0. The Morgan fingerprint density at radius 2 is 1.82 bits per heavy atom. The topological polar surface area (TPSA) is 70.8 Å². The maximum Gasteiger partial charge on any atom is 0.323 e. The van der Waals surface area contributed by atoms with E-state index < -0.39 is 6.04 Å². The number of nitrogens with two attached hydrogens (primary N) is 1. The van der Waals surface area contributed by atoms with Crippen LogP contribution in [0.3, 0.4) is 0 Å². The van der Waals surface area contributed by atoms with Crippen molar-refractivity contribution < 1.29 is 19.0 Å². The highest BCUT2D eigenvalue weighted by molar-refractivity contribution is 5.75. The van der Waals surface area contributed by atoms with Gasteiger partial charge in [0.1, 0.15) is 18.2 Å². The van der Waals surface area contributed by atoms with Gasteiger partial charge in [-0.25, -0.2) is 0 Å². The van der Waals surface area contributed by atoms with E-state index in [1.54, 1.807) is 0 Å². The van der Waals surface area contributed by atoms with Crippen molar-refractivity contribution in [2.75, 3.05) is 6.61 Å². The molecule has 1 aromatic rings. The van der Waals surface area contributed by atoms with Crippen LogP contribution in [-0.4, -0.2) is 43.0 Å². The molecule has 0 radical (unpaired) electrons. The van der Waals surface area contributed by atoms with Crippen LogP contribution in [0, 0.1) is 0 Å². The molecule has 1 heterocycles. The number of carbonyl (C=O) groups excluding carboxylic acids is 1. The van der Waals surface area contributed by atoms with Gasteiger partial charge in [0.2, 0.25) is 0 Å². The zero-order valence-electron chi connectivity index (χ0n) is 17.1. The third kappa shape index (κ3) is 6.29. The van der Waals surface area contributed by atoms with Crippen molar-refractivity contribution in [1.29, 1.82) is 0 Å². The molecule has 28 heavy (non-hydrogen) atoms. The van der Waals surface area contributed by atoms with Gasteiger partial charge in [-0.05, 0) is 57.4 Å². The predicted molar refractivity (Wildman–Crippen MR) is 109 cm³/mol. The molecule has 0 bridgehead atoms. The molecule has 1 aliphatic carbocycles. The normalized spacial score (nSPS) is 29.7. The second kappa shape index (κ2) is 10.9. The molecule has 156 valence electrons. The molecule has 5 nitrogen and oxygen atoms in total. The Morgan fingerprint density at radius 3 is 2.57 bits per heavy atom. The van der Waals surface area contributed by atoms with Crippen LogP contribution in [0.4, 0.5) is 0 Å². The van der Waals surface area contributed by atoms with Gasteiger partial charge in [-0.15, -0.1) is 0 Å². The van der Waals surface area contributed by atoms with Crippen LogP contribution in [0.5, 0.6) is 0 Å². The summed E-state index contributed by atoms with van der Waals surface area (Å²) in [6.45, 7) is 2.53. The molecule has 1 saturated carbocycles. The Labute approximate surface area is 168 Å². The molecule has 1 aliphatic heterocycles. The standard InChI is InChI=1S/C23H35NO4/c1-17-22(26-16-8-11-18-9-3-2-4-10-18)21(28-19-12-5-6-13-19)15-7-14-20(24)23(25)27-17/h2-4,9-10,17,19-22H,5-8,11-16,24H2,1H3/t17-,20-,21-,22-/m0/s1. The first kappa shape index (κ1) is 21.3. The number of carbonyl (C=O) groups is 1. The number of aryl methyl sites for hydroxylation is 1. The number of ether oxygens (including phenoxy) is 3. The molecule has 0 unspecified atom stereocenters. The predicted octanol–water partition coefficient (Wildman–Crippen LogP) is 3.78. The minimum atomic E-state index is -0.550. The summed E-state index contributed by atoms with van der Waals surface area (Å²) in [5.41, 5.74) is 7.27. The molecule has 0 spiro atoms. The second-order valence-electron chi connectivity index (χ2n) is 8.18. The van der Waals surface area contributed by atoms with Crippen molar-refractivity contribution in [3.05, 3.63) is 35.9 Å². The van der Waals surface area contributed by atoms with Crippen molar-refractivity contribution in [1.82, 2.24) is 0 Å². The zero-order valence-corrected chi connectivity index (χ0v) is 17.1. The molecule has 4 atom stereocenters. The smallest absolute Gasteiger partial charge is 0.323 e. The Bertz CT molecular complexity index is 588. The summed E-state index contributed by atoms with van der Waals surface area (Å²) in [7, 11) is 0. The fraction of sp³-hybridized carbons (Fsp3) is 0.696. The van der Waals surface area contributed by atoms with Gasteiger partial charge in [0.05, 0.1) is 12.2 Å². The fourth-order valence-corrected chi connectivity index (χ4v) is 4.26. The van der Waals surface area contributed by atoms with Gasteiger partial charge < -0.3 is 19.9 Å². The average Bonchev–Trinajstić information content (AvgIpc) is 3.21. The maximum absolute atomic E-state index is 12.2. The highest BCUT2D eigenvalue weighted by Crippen LogP contribution is 2.28. The Morgan fingerprint density at radius 1 is 1.07 bits per heavy atom. The molecule has 2 N–H and O–H groups in total. The average molecular weight is 390 g/mol. The first-order valence-electron chi connectivity index (χ1n) is 10.9. The van der Waals surface area contributed by atoms with Crippen LogP contribution in [0.15, 0.2) is 30.3 Å². The van der Waals surface area contributed by atoms with E-state index in [9.17, 15) is 4.79 Å². The van der Waals surface area contributed by atoms with Crippen LogP contribution in [-0.2, 0) is 25.4 Å². The molecule has 2 fully saturated rings. The van der Waals surface area contributed by atoms with Gasteiger partial charge in [0.15, 0.2) is 0 Å². The van der Waals surface area contributed by atoms with E-state index in [0.717, 1.165) is 38.5 Å². The van der Waals surface area contributed by atoms with E-state index in [-0.39, 0.29) is 24.3 Å². The van der Waals surface area contributed by atoms with Gasteiger partial charge in [-0.2, -0.15) is 0 Å². The minimum absolute atomic E-state index is 0.0482. The van der Waals surface area contributed by atoms with Gasteiger partial charge in [-0.1, -0.05) is 43.2 Å². The van der Waals surface area contributed by atoms with Crippen molar-refractivity contribution in [2.24, 2.45) is 5.73 Å². The van der Waals surface area contributed by atoms with Crippen LogP contribution in [0.2, 0.25) is 0 Å². The summed E-state index contributed by atoms with van der Waals surface area (Å²) in [5, 5.41) is 0. The Balaban J connectivity index is 1.60. The summed E-state index contributed by atoms with van der Waals surface area (Å²) < 4.78 is 18.4. The second-order valence-corrected chi connectivity index (χ2v) is 8.18. The Kier molecular flexibility index (Phi) is 8.31. The van der Waals surface area contributed by atoms with E-state index in [1.165, 1.54) is 18.4 Å². The third-order valence-corrected chi connectivity index (χ3v) is 5.87. The van der Waals surface area contributed by atoms with E-state index in [2.05, 4.69) is 24.3 Å². The summed E-state index contributed by atoms with van der Waals surface area (Å²) in [5.74, 6) is -0.327. The van der Waals surface area contributed by atoms with Gasteiger partial charge in [0, 0.05) is 6.61 Å². The first-order chi connectivity index (χ1) is 13.6. The van der Waals surface area contributed by atoms with Crippen LogP contribution in [0.25, 0.3) is 0 Å². The number of cyclic esters (lactones) is 1. The summed E-state index contributed by atoms with van der Waals surface area (Å²) in [4.78, 5) is 12.2. The fourth-order valence-electron chi connectivity index (χ4n) is 4.26. The highest BCUT2D eigenvalue weighted by Gasteiger charge is 2.35. The zero-order chi connectivity index (χ0) is 19.8. The van der Waals surface area contributed by atoms with E-state index in [4.69, 9.17) is 19.9 Å². The van der Waals surface area contributed by atoms with Gasteiger partial charge >= 0.3 is 5.97 Å². The van der Waals surface area contributed by atoms with Crippen molar-refractivity contribution in [3.8, 4) is 0 Å². The van der Waals surface area contributed by atoms with E-state index >= 15 is 0 Å². The molecule has 0 amide bonds. The number of benzene rings is 1. The quantitative estimate of drug-likeness (QED) is 0.568. The molecule has 1 saturated heterocycles. The lowest BCUT2D eigenvalue weighted by molar-refractivity contribution is -0.171. The maximum atomic E-state index is 12.2. The van der Waals surface area contributed by atoms with Crippen LogP contribution < -0.4 is 5.73 Å². The van der Waals surface area contributed by atoms with E-state index in [0.29, 0.717) is 19.1 Å². The molecule has 5 heteroatoms. The summed E-state index contributed by atoms with van der Waals surface area (Å²) in [6.07, 6.45) is 8.59.